The topological polar surface area (TPSA) is 52.0 Å². The molecule has 0 bridgehead atoms. The zero-order chi connectivity index (χ0) is 11.1. The molecule has 0 saturated heterocycles. The Labute approximate surface area is 106 Å². The van der Waals surface area contributed by atoms with E-state index < -0.39 is 0 Å². The maximum absolute atomic E-state index is 6.08. The number of halogens is 1. The molecule has 0 saturated carbocycles. The zero-order valence-corrected chi connectivity index (χ0v) is 11.0. The minimum Gasteiger partial charge on any atom is -0.461 e. The lowest BCUT2D eigenvalue weighted by molar-refractivity contribution is 0.570. The summed E-state index contributed by atoms with van der Waals surface area (Å²) in [7, 11) is 0. The molecule has 2 N–H and O–H groups in total. The van der Waals surface area contributed by atoms with E-state index in [2.05, 4.69) is 20.9 Å². The van der Waals surface area contributed by atoms with Gasteiger partial charge in [0.15, 0.2) is 10.8 Å². The third kappa shape index (κ3) is 1.63. The van der Waals surface area contributed by atoms with Gasteiger partial charge in [-0.25, -0.2) is 4.98 Å². The number of hydrogen-bond acceptors (Lipinski definition) is 4. The van der Waals surface area contributed by atoms with Gasteiger partial charge in [0.25, 0.3) is 0 Å². The first-order valence-electron chi connectivity index (χ1n) is 5.24. The van der Waals surface area contributed by atoms with Gasteiger partial charge in [-0.1, -0.05) is 0 Å². The lowest BCUT2D eigenvalue weighted by Crippen LogP contribution is -2.15. The summed E-state index contributed by atoms with van der Waals surface area (Å²) in [6.45, 7) is 0. The van der Waals surface area contributed by atoms with E-state index in [4.69, 9.17) is 10.2 Å². The van der Waals surface area contributed by atoms with Crippen LogP contribution in [0, 0.1) is 0 Å². The first-order valence-corrected chi connectivity index (χ1v) is 6.85. The minimum atomic E-state index is 0.156. The predicted octanol–water partition coefficient (Wildman–Crippen LogP) is 3.50. The van der Waals surface area contributed by atoms with Crippen molar-refractivity contribution in [1.82, 2.24) is 4.98 Å². The normalized spacial score (nSPS) is 19.8. The van der Waals surface area contributed by atoms with Gasteiger partial charge in [-0.2, -0.15) is 0 Å². The summed E-state index contributed by atoms with van der Waals surface area (Å²) in [6.07, 6.45) is 4.90. The summed E-state index contributed by atoms with van der Waals surface area (Å²) >= 11 is 5.11. The van der Waals surface area contributed by atoms with Crippen LogP contribution in [0.25, 0.3) is 10.8 Å². The Hall–Kier alpha value is -0.650. The largest absolute Gasteiger partial charge is 0.461 e. The van der Waals surface area contributed by atoms with Crippen molar-refractivity contribution in [3.63, 3.8) is 0 Å². The fourth-order valence-corrected chi connectivity index (χ4v) is 3.67. The smallest absolute Gasteiger partial charge is 0.176 e. The van der Waals surface area contributed by atoms with Crippen LogP contribution in [0.4, 0.5) is 0 Å². The van der Waals surface area contributed by atoms with Crippen molar-refractivity contribution in [2.24, 2.45) is 5.73 Å². The summed E-state index contributed by atoms with van der Waals surface area (Å²) in [5, 5.41) is 0.930. The third-order valence-corrected chi connectivity index (χ3v) is 4.66. The molecule has 0 radical (unpaired) electrons. The average molecular weight is 299 g/mol. The van der Waals surface area contributed by atoms with Gasteiger partial charge in [0, 0.05) is 10.9 Å². The van der Waals surface area contributed by atoms with Gasteiger partial charge in [-0.3, -0.25) is 0 Å². The van der Waals surface area contributed by atoms with E-state index in [9.17, 15) is 0 Å². The molecule has 16 heavy (non-hydrogen) atoms. The van der Waals surface area contributed by atoms with Gasteiger partial charge in [-0.15, -0.1) is 11.3 Å². The quantitative estimate of drug-likeness (QED) is 0.876. The maximum atomic E-state index is 6.08. The van der Waals surface area contributed by atoms with Crippen molar-refractivity contribution in [2.45, 2.75) is 25.3 Å². The molecule has 0 aromatic carbocycles. The van der Waals surface area contributed by atoms with Gasteiger partial charge in [-0.05, 0) is 41.3 Å². The van der Waals surface area contributed by atoms with E-state index in [1.165, 1.54) is 4.88 Å². The van der Waals surface area contributed by atoms with E-state index in [-0.39, 0.29) is 6.04 Å². The van der Waals surface area contributed by atoms with Gasteiger partial charge in [0.2, 0.25) is 0 Å². The number of furan rings is 1. The molecule has 2 aromatic heterocycles. The van der Waals surface area contributed by atoms with Crippen molar-refractivity contribution in [3.8, 4) is 10.8 Å². The number of nitrogens with zero attached hydrogens (tertiary/aromatic N) is 1. The highest BCUT2D eigenvalue weighted by Gasteiger charge is 2.23. The fraction of sp³-hybridized carbons (Fsp3) is 0.364. The van der Waals surface area contributed by atoms with Gasteiger partial charge in [0.05, 0.1) is 16.4 Å². The standard InChI is InChI=1S/C11H11BrN2OS/c12-6-4-5-15-9(6)11-14-8-3-1-2-7(13)10(8)16-11/h4-5,7H,1-3,13H2. The summed E-state index contributed by atoms with van der Waals surface area (Å²) in [5.41, 5.74) is 7.23. The molecule has 0 fully saturated rings. The van der Waals surface area contributed by atoms with Crippen LogP contribution >= 0.6 is 27.3 Å². The van der Waals surface area contributed by atoms with Crippen molar-refractivity contribution >= 4 is 27.3 Å². The van der Waals surface area contributed by atoms with Crippen LogP contribution in [0.1, 0.15) is 29.5 Å². The Balaban J connectivity index is 2.08. The van der Waals surface area contributed by atoms with Gasteiger partial charge < -0.3 is 10.2 Å². The number of thiazole rings is 1. The molecule has 1 aliphatic rings. The molecule has 1 aliphatic carbocycles. The summed E-state index contributed by atoms with van der Waals surface area (Å²) < 4.78 is 6.37. The predicted molar refractivity (Wildman–Crippen MR) is 67.4 cm³/mol. The Kier molecular flexibility index (Phi) is 2.61. The lowest BCUT2D eigenvalue weighted by atomic mass is 9.99. The minimum absolute atomic E-state index is 0.156. The molecule has 84 valence electrons. The van der Waals surface area contributed by atoms with Crippen molar-refractivity contribution < 1.29 is 4.42 Å². The van der Waals surface area contributed by atoms with Crippen LogP contribution < -0.4 is 5.73 Å². The Morgan fingerprint density at radius 3 is 3.12 bits per heavy atom. The second-order valence-electron chi connectivity index (χ2n) is 3.93. The van der Waals surface area contributed by atoms with Crippen LogP contribution in [0.5, 0.6) is 0 Å². The third-order valence-electron chi connectivity index (χ3n) is 2.80. The second kappa shape index (κ2) is 3.98. The van der Waals surface area contributed by atoms with Crippen molar-refractivity contribution in [1.29, 1.82) is 0 Å². The number of hydrogen-bond donors (Lipinski definition) is 1. The van der Waals surface area contributed by atoms with Crippen molar-refractivity contribution in [2.75, 3.05) is 0 Å². The molecule has 5 heteroatoms. The highest BCUT2D eigenvalue weighted by atomic mass is 79.9. The van der Waals surface area contributed by atoms with E-state index in [0.29, 0.717) is 0 Å². The monoisotopic (exact) mass is 298 g/mol. The molecule has 1 unspecified atom stereocenters. The first kappa shape index (κ1) is 10.5. The number of fused-ring (bicyclic) bond motifs is 1. The van der Waals surface area contributed by atoms with Crippen LogP contribution in [0.2, 0.25) is 0 Å². The SMILES string of the molecule is NC1CCCc2nc(-c3occc3Br)sc21. The van der Waals surface area contributed by atoms with Crippen molar-refractivity contribution in [3.05, 3.63) is 27.4 Å². The molecule has 3 nitrogen and oxygen atoms in total. The van der Waals surface area contributed by atoms with Crippen LogP contribution in [0.3, 0.4) is 0 Å². The number of nitrogens with two attached hydrogens (primary N) is 1. The molecule has 2 heterocycles. The highest BCUT2D eigenvalue weighted by molar-refractivity contribution is 9.10. The van der Waals surface area contributed by atoms with Crippen LogP contribution in [0.15, 0.2) is 21.2 Å². The van der Waals surface area contributed by atoms with E-state index in [0.717, 1.165) is 40.2 Å². The molecule has 0 aliphatic heterocycles. The van der Waals surface area contributed by atoms with Crippen LogP contribution in [-0.2, 0) is 6.42 Å². The number of aryl methyl sites for hydroxylation is 1. The molecule has 1 atom stereocenters. The Morgan fingerprint density at radius 1 is 1.56 bits per heavy atom. The molecule has 2 aromatic rings. The Morgan fingerprint density at radius 2 is 2.44 bits per heavy atom. The number of aromatic nitrogens is 1. The van der Waals surface area contributed by atoms with Gasteiger partial charge in [0.1, 0.15) is 0 Å². The van der Waals surface area contributed by atoms with E-state index in [1.54, 1.807) is 17.6 Å². The van der Waals surface area contributed by atoms with Crippen LogP contribution in [-0.4, -0.2) is 4.98 Å². The van der Waals surface area contributed by atoms with Gasteiger partial charge >= 0.3 is 0 Å². The molecular weight excluding hydrogens is 288 g/mol. The summed E-state index contributed by atoms with van der Waals surface area (Å²) in [6, 6.07) is 2.04. The molecular formula is C11H11BrN2OS. The highest BCUT2D eigenvalue weighted by Crippen LogP contribution is 2.39. The molecule has 0 amide bonds. The number of rotatable bonds is 1. The maximum Gasteiger partial charge on any atom is 0.176 e. The zero-order valence-electron chi connectivity index (χ0n) is 8.57. The lowest BCUT2D eigenvalue weighted by Gasteiger charge is -2.15. The Bertz CT molecular complexity index is 520. The molecule has 0 spiro atoms. The molecule has 3 rings (SSSR count). The second-order valence-corrected chi connectivity index (χ2v) is 5.81. The summed E-state index contributed by atoms with van der Waals surface area (Å²) in [5.74, 6) is 0.812. The first-order chi connectivity index (χ1) is 7.75. The fourth-order valence-electron chi connectivity index (χ4n) is 2.00. The van der Waals surface area contributed by atoms with E-state index in [1.807, 2.05) is 6.07 Å². The van der Waals surface area contributed by atoms with E-state index >= 15 is 0 Å². The summed E-state index contributed by atoms with van der Waals surface area (Å²) in [4.78, 5) is 5.85. The average Bonchev–Trinajstić information content (AvgIpc) is 2.84.